The second-order valence-electron chi connectivity index (χ2n) is 7.82. The number of urea groups is 1. The van der Waals surface area contributed by atoms with Crippen molar-refractivity contribution in [3.05, 3.63) is 35.8 Å². The van der Waals surface area contributed by atoms with Gasteiger partial charge in [-0.25, -0.2) is 14.8 Å². The SMILES string of the molecule is CC(C)(C)n1cc(C#N)cc1NC(=O)N1CCCC(c2ccnc(N)n2)C1. The topological polar surface area (TPSA) is 113 Å². The molecule has 0 saturated carbocycles. The van der Waals surface area contributed by atoms with E-state index < -0.39 is 0 Å². The second kappa shape index (κ2) is 7.27. The molecule has 2 amide bonds. The van der Waals surface area contributed by atoms with Gasteiger partial charge >= 0.3 is 6.03 Å². The molecule has 1 unspecified atom stereocenters. The van der Waals surface area contributed by atoms with Gasteiger partial charge in [-0.1, -0.05) is 0 Å². The van der Waals surface area contributed by atoms with Gasteiger partial charge in [0.25, 0.3) is 0 Å². The molecule has 27 heavy (non-hydrogen) atoms. The molecule has 0 bridgehead atoms. The van der Waals surface area contributed by atoms with Crippen LogP contribution in [0.25, 0.3) is 0 Å². The Kier molecular flexibility index (Phi) is 5.04. The lowest BCUT2D eigenvalue weighted by Crippen LogP contribution is -2.42. The fourth-order valence-corrected chi connectivity index (χ4v) is 3.38. The summed E-state index contributed by atoms with van der Waals surface area (Å²) in [6, 6.07) is 5.52. The van der Waals surface area contributed by atoms with Gasteiger partial charge in [-0.15, -0.1) is 0 Å². The van der Waals surface area contributed by atoms with Gasteiger partial charge in [-0.3, -0.25) is 5.32 Å². The highest BCUT2D eigenvalue weighted by molar-refractivity contribution is 5.89. The quantitative estimate of drug-likeness (QED) is 0.847. The number of nitrogens with zero attached hydrogens (tertiary/aromatic N) is 5. The van der Waals surface area contributed by atoms with Crippen LogP contribution in [0, 0.1) is 11.3 Å². The zero-order chi connectivity index (χ0) is 19.6. The maximum Gasteiger partial charge on any atom is 0.322 e. The summed E-state index contributed by atoms with van der Waals surface area (Å²) in [5, 5.41) is 12.2. The van der Waals surface area contributed by atoms with Crippen LogP contribution < -0.4 is 11.1 Å². The van der Waals surface area contributed by atoms with Crippen molar-refractivity contribution in [1.82, 2.24) is 19.4 Å². The summed E-state index contributed by atoms with van der Waals surface area (Å²) in [6.45, 7) is 7.34. The monoisotopic (exact) mass is 367 g/mol. The van der Waals surface area contributed by atoms with E-state index in [1.54, 1.807) is 23.4 Å². The van der Waals surface area contributed by atoms with Gasteiger partial charge in [0.15, 0.2) is 0 Å². The number of aromatic nitrogens is 3. The molecule has 1 aliphatic heterocycles. The first-order chi connectivity index (χ1) is 12.8. The van der Waals surface area contributed by atoms with Crippen molar-refractivity contribution >= 4 is 17.8 Å². The maximum absolute atomic E-state index is 12.8. The summed E-state index contributed by atoms with van der Waals surface area (Å²) in [5.41, 5.74) is 6.83. The number of nitrogens with two attached hydrogens (primary N) is 1. The molecule has 1 saturated heterocycles. The normalized spacial score (nSPS) is 17.4. The Labute approximate surface area is 159 Å². The number of carbonyl (C=O) groups is 1. The van der Waals surface area contributed by atoms with Crippen LogP contribution in [0.5, 0.6) is 0 Å². The maximum atomic E-state index is 12.8. The number of hydrogen-bond acceptors (Lipinski definition) is 5. The number of nitrogen functional groups attached to an aromatic ring is 1. The number of hydrogen-bond donors (Lipinski definition) is 2. The van der Waals surface area contributed by atoms with Crippen molar-refractivity contribution in [2.24, 2.45) is 0 Å². The highest BCUT2D eigenvalue weighted by atomic mass is 16.2. The summed E-state index contributed by atoms with van der Waals surface area (Å²) in [5.74, 6) is 1.01. The third-order valence-corrected chi connectivity index (χ3v) is 4.73. The van der Waals surface area contributed by atoms with E-state index in [4.69, 9.17) is 5.73 Å². The number of likely N-dealkylation sites (tertiary alicyclic amines) is 1. The standard InChI is InChI=1S/C19H25N7O/c1-19(2,3)26-11-13(10-20)9-16(26)24-18(27)25-8-4-5-14(12-25)15-6-7-22-17(21)23-15/h6-7,9,11,14H,4-5,8,12H2,1-3H3,(H,24,27)(H2,21,22,23). The first kappa shape index (κ1) is 18.7. The summed E-state index contributed by atoms with van der Waals surface area (Å²) in [7, 11) is 0. The Hall–Kier alpha value is -3.08. The van der Waals surface area contributed by atoms with E-state index in [0.717, 1.165) is 18.5 Å². The Bertz CT molecular complexity index is 875. The average molecular weight is 367 g/mol. The van der Waals surface area contributed by atoms with E-state index in [2.05, 4.69) is 21.4 Å². The summed E-state index contributed by atoms with van der Waals surface area (Å²) in [6.07, 6.45) is 5.26. The van der Waals surface area contributed by atoms with Crippen LogP contribution in [0.4, 0.5) is 16.6 Å². The molecule has 0 aromatic carbocycles. The Morgan fingerprint density at radius 1 is 1.44 bits per heavy atom. The first-order valence-corrected chi connectivity index (χ1v) is 9.05. The fourth-order valence-electron chi connectivity index (χ4n) is 3.38. The summed E-state index contributed by atoms with van der Waals surface area (Å²) < 4.78 is 1.91. The predicted molar refractivity (Wildman–Crippen MR) is 103 cm³/mol. The van der Waals surface area contributed by atoms with Crippen LogP contribution >= 0.6 is 0 Å². The van der Waals surface area contributed by atoms with E-state index in [9.17, 15) is 10.1 Å². The van der Waals surface area contributed by atoms with Crippen LogP contribution in [-0.2, 0) is 5.54 Å². The molecule has 8 heteroatoms. The molecular weight excluding hydrogens is 342 g/mol. The lowest BCUT2D eigenvalue weighted by Gasteiger charge is -2.33. The Morgan fingerprint density at radius 3 is 2.89 bits per heavy atom. The summed E-state index contributed by atoms with van der Waals surface area (Å²) in [4.78, 5) is 22.9. The number of carbonyl (C=O) groups excluding carboxylic acids is 1. The van der Waals surface area contributed by atoms with Gasteiger partial charge < -0.3 is 15.2 Å². The molecule has 142 valence electrons. The van der Waals surface area contributed by atoms with Crippen molar-refractivity contribution in [3.63, 3.8) is 0 Å². The van der Waals surface area contributed by atoms with E-state index in [1.807, 2.05) is 31.4 Å². The van der Waals surface area contributed by atoms with Crippen molar-refractivity contribution in [2.45, 2.75) is 45.1 Å². The van der Waals surface area contributed by atoms with Crippen molar-refractivity contribution < 1.29 is 4.79 Å². The molecule has 2 aromatic rings. The zero-order valence-corrected chi connectivity index (χ0v) is 15.9. The number of piperidine rings is 1. The molecule has 3 heterocycles. The van der Waals surface area contributed by atoms with E-state index in [1.165, 1.54) is 0 Å². The second-order valence-corrected chi connectivity index (χ2v) is 7.82. The molecular formula is C19H25N7O. The predicted octanol–water partition coefficient (Wildman–Crippen LogP) is 2.90. The molecule has 3 rings (SSSR count). The van der Waals surface area contributed by atoms with Gasteiger partial charge in [-0.05, 0) is 45.7 Å². The molecule has 1 aliphatic rings. The molecule has 8 nitrogen and oxygen atoms in total. The minimum absolute atomic E-state index is 0.138. The Balaban J connectivity index is 1.75. The number of nitriles is 1. The third kappa shape index (κ3) is 4.19. The first-order valence-electron chi connectivity index (χ1n) is 9.05. The van der Waals surface area contributed by atoms with Gasteiger partial charge in [-0.2, -0.15) is 5.26 Å². The molecule has 0 radical (unpaired) electrons. The number of amides is 2. The zero-order valence-electron chi connectivity index (χ0n) is 15.9. The van der Waals surface area contributed by atoms with Crippen molar-refractivity contribution in [3.8, 4) is 6.07 Å². The smallest absolute Gasteiger partial charge is 0.322 e. The summed E-state index contributed by atoms with van der Waals surface area (Å²) >= 11 is 0. The molecule has 1 fully saturated rings. The van der Waals surface area contributed by atoms with Gasteiger partial charge in [0.2, 0.25) is 5.95 Å². The van der Waals surface area contributed by atoms with Crippen LogP contribution in [0.3, 0.4) is 0 Å². The van der Waals surface area contributed by atoms with Gasteiger partial charge in [0.1, 0.15) is 11.9 Å². The van der Waals surface area contributed by atoms with Crippen molar-refractivity contribution in [1.29, 1.82) is 5.26 Å². The van der Waals surface area contributed by atoms with Crippen LogP contribution in [0.1, 0.15) is 50.8 Å². The molecule has 1 atom stereocenters. The van der Waals surface area contributed by atoms with E-state index >= 15 is 0 Å². The van der Waals surface area contributed by atoms with E-state index in [0.29, 0.717) is 24.5 Å². The van der Waals surface area contributed by atoms with Gasteiger partial charge in [0, 0.05) is 36.9 Å². The average Bonchev–Trinajstić information content (AvgIpc) is 3.05. The Morgan fingerprint density at radius 2 is 2.22 bits per heavy atom. The molecule has 2 aromatic heterocycles. The highest BCUT2D eigenvalue weighted by Crippen LogP contribution is 2.28. The number of rotatable bonds is 2. The minimum atomic E-state index is -0.249. The highest BCUT2D eigenvalue weighted by Gasteiger charge is 2.27. The third-order valence-electron chi connectivity index (χ3n) is 4.73. The number of nitrogens with one attached hydrogen (secondary N) is 1. The largest absolute Gasteiger partial charge is 0.368 e. The lowest BCUT2D eigenvalue weighted by molar-refractivity contribution is 0.192. The molecule has 0 spiro atoms. The minimum Gasteiger partial charge on any atom is -0.368 e. The van der Waals surface area contributed by atoms with Crippen molar-refractivity contribution in [2.75, 3.05) is 24.1 Å². The van der Waals surface area contributed by atoms with Crippen LogP contribution in [0.2, 0.25) is 0 Å². The lowest BCUT2D eigenvalue weighted by atomic mass is 9.95. The van der Waals surface area contributed by atoms with Crippen LogP contribution in [0.15, 0.2) is 24.5 Å². The van der Waals surface area contributed by atoms with Gasteiger partial charge in [0.05, 0.1) is 11.3 Å². The number of anilines is 2. The fraction of sp³-hybridized carbons (Fsp3) is 0.474. The molecule has 0 aliphatic carbocycles. The van der Waals surface area contributed by atoms with E-state index in [-0.39, 0.29) is 23.4 Å². The van der Waals surface area contributed by atoms with Crippen LogP contribution in [-0.4, -0.2) is 38.6 Å². The molecule has 3 N–H and O–H groups in total.